The zero-order chi connectivity index (χ0) is 106. The van der Waals surface area contributed by atoms with E-state index in [0.717, 1.165) is 137 Å². The van der Waals surface area contributed by atoms with E-state index in [1.165, 1.54) is 106 Å². The van der Waals surface area contributed by atoms with Gasteiger partial charge in [0.05, 0.1) is 85.3 Å². The average molecular weight is 2120 g/mol. The first kappa shape index (κ1) is 110. The third-order valence-electron chi connectivity index (χ3n) is 42.7. The fourth-order valence-electron chi connectivity index (χ4n) is 36.2. The minimum absolute atomic E-state index is 0.00239. The molecule has 20 rings (SSSR count). The average Bonchev–Trinajstić information content (AvgIpc) is 0.667. The monoisotopic (exact) mass is 2120 g/mol. The summed E-state index contributed by atoms with van der Waals surface area (Å²) >= 11 is 2.03. The minimum Gasteiger partial charge on any atom is -0.508 e. The summed E-state index contributed by atoms with van der Waals surface area (Å²) in [7, 11) is -9.31. The summed E-state index contributed by atoms with van der Waals surface area (Å²) in [5.41, 5.74) is -1.23. The third kappa shape index (κ3) is 17.5. The Hall–Kier alpha value is -6.34. The van der Waals surface area contributed by atoms with Crippen LogP contribution in [-0.2, 0) is 76.5 Å². The van der Waals surface area contributed by atoms with E-state index in [0.29, 0.717) is 80.1 Å². The molecule has 30 heteroatoms. The Morgan fingerprint density at radius 3 is 0.944 bits per heavy atom. The van der Waals surface area contributed by atoms with Crippen LogP contribution in [-0.4, -0.2) is 142 Å². The second-order valence-corrected chi connectivity index (χ2v) is 62.9. The van der Waals surface area contributed by atoms with Gasteiger partial charge in [0.1, 0.15) is 51.7 Å². The summed E-state index contributed by atoms with van der Waals surface area (Å²) in [6.07, 6.45) is 27.8. The van der Waals surface area contributed by atoms with Gasteiger partial charge in [0.25, 0.3) is 5.91 Å². The second-order valence-electron chi connectivity index (χ2n) is 52.3. The molecule has 5 aromatic carbocycles. The molecule has 802 valence electrons. The summed E-state index contributed by atoms with van der Waals surface area (Å²) in [6.45, 7) is 46.6. The van der Waals surface area contributed by atoms with Gasteiger partial charge in [-0.25, -0.2) is 33.7 Å². The fourth-order valence-corrected chi connectivity index (χ4v) is 47.7. The van der Waals surface area contributed by atoms with Crippen LogP contribution < -0.4 is 37.9 Å². The fraction of sp³-hybridized carbons (Fsp3) is 0.728. The number of rotatable bonds is 9. The van der Waals surface area contributed by atoms with E-state index in [1.807, 2.05) is 31.9 Å². The number of benzene rings is 5. The molecule has 15 aliphatic rings. The van der Waals surface area contributed by atoms with Crippen molar-refractivity contribution >= 4 is 67.1 Å². The number of thioether (sulfide) groups is 1. The van der Waals surface area contributed by atoms with Gasteiger partial charge in [-0.05, 0) is 272 Å². The Kier molecular flexibility index (Phi) is 28.1. The zero-order valence-corrected chi connectivity index (χ0v) is 95.5. The van der Waals surface area contributed by atoms with Crippen LogP contribution >= 0.6 is 11.8 Å². The quantitative estimate of drug-likeness (QED) is 0.0912. The van der Waals surface area contributed by atoms with Crippen LogP contribution in [0.2, 0.25) is 0 Å². The smallest absolute Gasteiger partial charge is 0.508 e. The van der Waals surface area contributed by atoms with E-state index in [2.05, 4.69) is 153 Å². The lowest BCUT2D eigenvalue weighted by Crippen LogP contribution is -2.59. The molecule has 3 N–H and O–H groups in total. The molecular weight excluding hydrogens is 1950 g/mol. The molecule has 10 fully saturated rings. The molecule has 20 atom stereocenters. The van der Waals surface area contributed by atoms with Crippen molar-refractivity contribution in [1.29, 1.82) is 0 Å². The van der Waals surface area contributed by atoms with Crippen molar-refractivity contribution in [2.24, 2.45) is 113 Å². The maximum absolute atomic E-state index is 13.5. The molecule has 0 unspecified atom stereocenters. The van der Waals surface area contributed by atoms with Gasteiger partial charge in [0, 0.05) is 108 Å². The number of phenols is 2. The first-order chi connectivity index (χ1) is 66.5. The van der Waals surface area contributed by atoms with Gasteiger partial charge < -0.3 is 48.1 Å². The maximum atomic E-state index is 13.5. The van der Waals surface area contributed by atoms with E-state index in [1.54, 1.807) is 40.6 Å². The highest BCUT2D eigenvalue weighted by Gasteiger charge is 2.70. The molecule has 0 saturated heterocycles. The lowest BCUT2D eigenvalue weighted by molar-refractivity contribution is -0.0986. The predicted molar refractivity (Wildman–Crippen MR) is 559 cm³/mol. The van der Waals surface area contributed by atoms with Crippen molar-refractivity contribution in [2.75, 3.05) is 78.5 Å². The minimum atomic E-state index is -5.97. The number of hydrogen-bond acceptors (Lipinski definition) is 21. The van der Waals surface area contributed by atoms with Crippen LogP contribution in [0.4, 0.5) is 13.2 Å². The highest BCUT2D eigenvalue weighted by Crippen LogP contribution is 2.75. The SMILES string of the molecule is CNC(=O)c1cc(O)c2c(c1)S(=O)(=O)C[C@@H]1[C@@]3(C)CCCC(C)(C)[C@@H]3CC[C@@]21C.COc1cc(O)cc2c1[C@]1(C)CC[C@H]3C(C)(C)CCC[C@]3(C)[C@H]1CS2(=O)=O.COc1cc(OC)c2c(c1)S(=O)(=O)C[C@@H]1[C@@]3(C)CCCC(C)(C)[C@@H]3CC[C@@]21C.COc1cc(OC)c2c(c1)SC[C@@H]1[C@@]3(C)CCCC(C)(C)[C@@H]3CC[C@@]21C.COc1cc(OS(=O)(=O)C(F)(F)F)cc2c1[C@]1(C)CC[C@H]3C(C)(C)CCC[C@]3(C)[C@H]1CS2(=O)=O. The van der Waals surface area contributed by atoms with Gasteiger partial charge in [0.2, 0.25) is 0 Å². The molecule has 0 aromatic heterocycles. The number of carbonyl (C=O) groups is 1. The number of halogens is 3. The van der Waals surface area contributed by atoms with E-state index in [-0.39, 0.29) is 144 Å². The number of carbonyl (C=O) groups excluding carboxylic acids is 1. The number of amides is 1. The lowest BCUT2D eigenvalue weighted by Gasteiger charge is -2.64. The van der Waals surface area contributed by atoms with Crippen LogP contribution in [0.3, 0.4) is 0 Å². The first-order valence-corrected chi connectivity index (χ1v) is 61.8. The summed E-state index contributed by atoms with van der Waals surface area (Å²) in [6, 6.07) is 15.7. The molecule has 0 radical (unpaired) electrons. The Morgan fingerprint density at radius 2 is 0.625 bits per heavy atom. The van der Waals surface area contributed by atoms with E-state index in [4.69, 9.17) is 28.4 Å². The Labute approximate surface area is 862 Å². The van der Waals surface area contributed by atoms with Crippen LogP contribution in [0.1, 0.15) is 337 Å². The van der Waals surface area contributed by atoms with Crippen molar-refractivity contribution in [3.05, 3.63) is 94.0 Å². The highest BCUT2D eigenvalue weighted by atomic mass is 32.2. The van der Waals surface area contributed by atoms with Gasteiger partial charge in [-0.1, -0.05) is 171 Å². The van der Waals surface area contributed by atoms with E-state index in [9.17, 15) is 70.3 Å². The van der Waals surface area contributed by atoms with E-state index >= 15 is 0 Å². The second kappa shape index (κ2) is 36.7. The molecule has 1 amide bonds. The standard InChI is InChI=1S/C23H31F3O6S2.C23H33NO4S.C23H34O4S.C23H34O2S.C22H32O4S/c1-20(2)8-6-9-21(3)17(20)7-10-22(4)18(21)13-33(27,28)16-12-14(11-15(31-5)19(16)22)32-34(29,30)23(24,25)26;1-21(2)8-6-9-22(3)17(21)7-10-23(4)18(22)13-29(27,28)16-12-14(20(26)24-5)11-15(25)19(16)23;1-21(2)9-7-10-22(3)18(21)8-11-23(4)19(22)14-28(24,25)17-13-15(26-5)12-16(27-6)20(17)23;1-21(2)9-7-10-22(3)18(21)8-11-23(4)19(22)14-26-17-13-15(24-5)12-16(25-6)20(17)23;1-20(2)8-6-9-21(3)17(20)7-10-22(4)18(21)13-27(24,25)16-12-14(23)11-15(26-5)19(16)22/h11-12,17-18H,6-10,13H2,1-5H3;11-12,17-18,25H,6-10,13H2,1-5H3,(H,24,26);12-13,18-19H,7-11,14H2,1-6H3;12-13,18-19H,7-11,14H2,1-6H3;11-12,17-18,23H,6-10,13H2,1-5H3/t17-,18+,21-,22+;17-,18+,22-,23+;2*18-,19+,22-,23+;17-,18+,21-,22+/m00000/s1. The number of methoxy groups -OCH3 is 6. The van der Waals surface area contributed by atoms with Crippen molar-refractivity contribution in [3.8, 4) is 51.7 Å². The van der Waals surface area contributed by atoms with Crippen LogP contribution in [0.5, 0.6) is 51.7 Å². The lowest BCUT2D eigenvalue weighted by atomic mass is 9.43. The molecule has 10 aliphatic carbocycles. The number of sulfone groups is 4. The maximum Gasteiger partial charge on any atom is 0.534 e. The molecular formula is C114H164F3NO20S6. The van der Waals surface area contributed by atoms with Crippen LogP contribution in [0.15, 0.2) is 85.1 Å². The van der Waals surface area contributed by atoms with Gasteiger partial charge in [0.15, 0.2) is 39.3 Å². The predicted octanol–water partition coefficient (Wildman–Crippen LogP) is 25.2. The van der Waals surface area contributed by atoms with Crippen molar-refractivity contribution < 1.29 is 103 Å². The first-order valence-electron chi connectivity index (χ1n) is 52.8. The number of hydrogen-bond donors (Lipinski definition) is 3. The Bertz CT molecular complexity index is 6480. The Morgan fingerprint density at radius 1 is 0.347 bits per heavy atom. The molecule has 21 nitrogen and oxygen atoms in total. The molecule has 5 aliphatic heterocycles. The molecule has 5 aromatic rings. The Balaban J connectivity index is 0.000000129. The summed E-state index contributed by atoms with van der Waals surface area (Å²) in [5, 5.41) is 23.5. The summed E-state index contributed by atoms with van der Waals surface area (Å²) in [4.78, 5) is 14.1. The molecule has 144 heavy (non-hydrogen) atoms. The van der Waals surface area contributed by atoms with E-state index < -0.39 is 77.5 Å². The zero-order valence-electron chi connectivity index (χ0n) is 90.6. The molecule has 0 bridgehead atoms. The number of nitrogens with one attached hydrogen (secondary N) is 1. The molecule has 10 saturated carbocycles. The number of aromatic hydroxyl groups is 2. The van der Waals surface area contributed by atoms with Crippen LogP contribution in [0, 0.1) is 113 Å². The number of alkyl halides is 3. The van der Waals surface area contributed by atoms with Crippen molar-refractivity contribution in [2.45, 2.75) is 356 Å². The normalized spacial score (nSPS) is 37.1. The van der Waals surface area contributed by atoms with Gasteiger partial charge in [-0.3, -0.25) is 4.79 Å². The largest absolute Gasteiger partial charge is 0.534 e. The molecule has 0 spiro atoms. The van der Waals surface area contributed by atoms with Crippen molar-refractivity contribution in [1.82, 2.24) is 5.32 Å². The summed E-state index contributed by atoms with van der Waals surface area (Å²) < 4.78 is 207. The van der Waals surface area contributed by atoms with Crippen LogP contribution in [0.25, 0.3) is 0 Å². The number of ether oxygens (including phenoxy) is 6. The molecule has 5 heterocycles. The number of fused-ring (bicyclic) bond motifs is 25. The van der Waals surface area contributed by atoms with Gasteiger partial charge in [-0.15, -0.1) is 11.8 Å². The van der Waals surface area contributed by atoms with Gasteiger partial charge in [-0.2, -0.15) is 21.6 Å². The number of phenolic OH excluding ortho intramolecular Hbond substituents is 2. The van der Waals surface area contributed by atoms with Crippen molar-refractivity contribution in [3.63, 3.8) is 0 Å². The van der Waals surface area contributed by atoms with Gasteiger partial charge >= 0.3 is 15.6 Å². The topological polar surface area (TPSA) is 305 Å². The highest BCUT2D eigenvalue weighted by molar-refractivity contribution is 7.99. The summed E-state index contributed by atoms with van der Waals surface area (Å²) in [5.74, 6) is 7.40. The third-order valence-corrected chi connectivity index (χ3v) is 51.9.